The van der Waals surface area contributed by atoms with Crippen molar-refractivity contribution < 1.29 is 4.42 Å². The van der Waals surface area contributed by atoms with Crippen LogP contribution in [0, 0.1) is 29.6 Å². The van der Waals surface area contributed by atoms with Crippen LogP contribution in [0.4, 0.5) is 0 Å². The molecule has 4 bridgehead atoms. The molecule has 0 aromatic carbocycles. The minimum atomic E-state index is 0.212. The molecule has 1 aromatic heterocycles. The Labute approximate surface area is 103 Å². The second-order valence-electron chi connectivity index (χ2n) is 6.59. The zero-order valence-corrected chi connectivity index (χ0v) is 10.2. The van der Waals surface area contributed by atoms with E-state index in [0.29, 0.717) is 0 Å². The van der Waals surface area contributed by atoms with Crippen LogP contribution in [-0.2, 0) is 0 Å². The molecule has 2 N–H and O–H groups in total. The molecule has 1 unspecified atom stereocenters. The van der Waals surface area contributed by atoms with Crippen molar-refractivity contribution in [1.82, 2.24) is 0 Å². The van der Waals surface area contributed by atoms with Crippen molar-refractivity contribution in [3.63, 3.8) is 0 Å². The molecule has 1 heterocycles. The first-order valence-electron chi connectivity index (χ1n) is 7.09. The number of hydrogen-bond donors (Lipinski definition) is 1. The van der Waals surface area contributed by atoms with Crippen LogP contribution in [0.3, 0.4) is 0 Å². The molecule has 4 fully saturated rings. The third kappa shape index (κ3) is 1.50. The number of nitrogens with two attached hydrogens (primary N) is 1. The van der Waals surface area contributed by atoms with Crippen LogP contribution >= 0.6 is 0 Å². The van der Waals surface area contributed by atoms with Crippen LogP contribution in [0.5, 0.6) is 0 Å². The molecule has 92 valence electrons. The Kier molecular flexibility index (Phi) is 2.17. The van der Waals surface area contributed by atoms with Gasteiger partial charge < -0.3 is 10.2 Å². The summed E-state index contributed by atoms with van der Waals surface area (Å²) in [5.74, 6) is 4.59. The van der Waals surface area contributed by atoms with Crippen LogP contribution in [0.15, 0.2) is 23.0 Å². The topological polar surface area (TPSA) is 39.2 Å². The molecule has 4 aliphatic rings. The molecule has 1 aromatic rings. The summed E-state index contributed by atoms with van der Waals surface area (Å²) in [5.41, 5.74) is 7.72. The van der Waals surface area contributed by atoms with Gasteiger partial charge in [0.2, 0.25) is 0 Å². The maximum Gasteiger partial charge on any atom is 0.0950 e. The largest absolute Gasteiger partial charge is 0.472 e. The number of furan rings is 1. The Morgan fingerprint density at radius 3 is 2.24 bits per heavy atom. The van der Waals surface area contributed by atoms with Gasteiger partial charge in [-0.15, -0.1) is 0 Å². The molecule has 0 aliphatic heterocycles. The van der Waals surface area contributed by atoms with Crippen LogP contribution in [0.1, 0.15) is 43.7 Å². The van der Waals surface area contributed by atoms with Gasteiger partial charge in [0.1, 0.15) is 0 Å². The average molecular weight is 231 g/mol. The lowest BCUT2D eigenvalue weighted by molar-refractivity contribution is -0.0472. The van der Waals surface area contributed by atoms with Gasteiger partial charge >= 0.3 is 0 Å². The summed E-state index contributed by atoms with van der Waals surface area (Å²) in [5, 5.41) is 0. The van der Waals surface area contributed by atoms with Gasteiger partial charge in [-0.2, -0.15) is 0 Å². The Morgan fingerprint density at radius 2 is 1.71 bits per heavy atom. The van der Waals surface area contributed by atoms with Gasteiger partial charge in [0, 0.05) is 11.6 Å². The van der Waals surface area contributed by atoms with Crippen molar-refractivity contribution in [2.24, 2.45) is 35.3 Å². The van der Waals surface area contributed by atoms with Crippen LogP contribution in [0.25, 0.3) is 0 Å². The molecule has 0 saturated heterocycles. The van der Waals surface area contributed by atoms with E-state index >= 15 is 0 Å². The molecule has 17 heavy (non-hydrogen) atoms. The Balaban J connectivity index is 1.62. The van der Waals surface area contributed by atoms with Crippen LogP contribution in [0.2, 0.25) is 0 Å². The van der Waals surface area contributed by atoms with Crippen molar-refractivity contribution in [3.05, 3.63) is 24.2 Å². The van der Waals surface area contributed by atoms with E-state index in [9.17, 15) is 0 Å². The Bertz CT molecular complexity index is 369. The zero-order valence-electron chi connectivity index (χ0n) is 10.2. The van der Waals surface area contributed by atoms with E-state index in [1.165, 1.54) is 37.7 Å². The maximum absolute atomic E-state index is 6.50. The van der Waals surface area contributed by atoms with Gasteiger partial charge in [-0.1, -0.05) is 0 Å². The smallest absolute Gasteiger partial charge is 0.0950 e. The van der Waals surface area contributed by atoms with E-state index in [-0.39, 0.29) is 6.04 Å². The SMILES string of the molecule is NC(c1ccoc1)C1C2CC3CC(C2)CC1C3. The van der Waals surface area contributed by atoms with Gasteiger partial charge in [0.15, 0.2) is 0 Å². The highest BCUT2D eigenvalue weighted by Crippen LogP contribution is 2.58. The highest BCUT2D eigenvalue weighted by Gasteiger charge is 2.50. The standard InChI is InChI=1S/C15H21NO/c16-15(11-1-2-17-8-11)14-12-4-9-3-10(6-12)7-13(14)5-9/h1-2,8-10,12-15H,3-7,16H2. The summed E-state index contributed by atoms with van der Waals surface area (Å²) in [6.45, 7) is 0. The molecule has 0 amide bonds. The fourth-order valence-electron chi connectivity index (χ4n) is 5.24. The predicted molar refractivity (Wildman–Crippen MR) is 66.2 cm³/mol. The van der Waals surface area contributed by atoms with Crippen LogP contribution < -0.4 is 5.73 Å². The molecule has 4 saturated carbocycles. The van der Waals surface area contributed by atoms with Crippen molar-refractivity contribution in [3.8, 4) is 0 Å². The van der Waals surface area contributed by atoms with Crippen LogP contribution in [-0.4, -0.2) is 0 Å². The molecular weight excluding hydrogens is 210 g/mol. The lowest BCUT2D eigenvalue weighted by Gasteiger charge is -2.56. The summed E-state index contributed by atoms with van der Waals surface area (Å²) >= 11 is 0. The van der Waals surface area contributed by atoms with E-state index in [4.69, 9.17) is 10.2 Å². The molecular formula is C15H21NO. The molecule has 1 atom stereocenters. The Hall–Kier alpha value is -0.760. The third-order valence-electron chi connectivity index (χ3n) is 5.64. The second kappa shape index (κ2) is 3.61. The first-order valence-corrected chi connectivity index (χ1v) is 7.09. The van der Waals surface area contributed by atoms with E-state index < -0.39 is 0 Å². The predicted octanol–water partition coefficient (Wildman–Crippen LogP) is 3.35. The molecule has 2 nitrogen and oxygen atoms in total. The van der Waals surface area contributed by atoms with Crippen molar-refractivity contribution in [1.29, 1.82) is 0 Å². The minimum Gasteiger partial charge on any atom is -0.472 e. The maximum atomic E-state index is 6.50. The van der Waals surface area contributed by atoms with E-state index in [0.717, 1.165) is 29.6 Å². The molecule has 0 spiro atoms. The summed E-state index contributed by atoms with van der Waals surface area (Å²) in [6, 6.07) is 2.26. The van der Waals surface area contributed by atoms with Gasteiger partial charge in [-0.25, -0.2) is 0 Å². The van der Waals surface area contributed by atoms with Gasteiger partial charge in [-0.3, -0.25) is 0 Å². The van der Waals surface area contributed by atoms with Gasteiger partial charge in [0.05, 0.1) is 12.5 Å². The third-order valence-corrected chi connectivity index (χ3v) is 5.64. The van der Waals surface area contributed by atoms with Gasteiger partial charge in [-0.05, 0) is 67.8 Å². The first kappa shape index (κ1) is 10.2. The minimum absolute atomic E-state index is 0.212. The zero-order chi connectivity index (χ0) is 11.4. The summed E-state index contributed by atoms with van der Waals surface area (Å²) in [4.78, 5) is 0. The molecule has 2 heteroatoms. The average Bonchev–Trinajstić information content (AvgIpc) is 2.80. The summed E-state index contributed by atoms with van der Waals surface area (Å²) < 4.78 is 5.20. The van der Waals surface area contributed by atoms with E-state index in [1.54, 1.807) is 6.26 Å². The van der Waals surface area contributed by atoms with E-state index in [1.807, 2.05) is 6.26 Å². The quantitative estimate of drug-likeness (QED) is 0.847. The first-order chi connectivity index (χ1) is 8.31. The molecule has 0 radical (unpaired) electrons. The summed E-state index contributed by atoms with van der Waals surface area (Å²) in [6.07, 6.45) is 10.9. The second-order valence-corrected chi connectivity index (χ2v) is 6.59. The van der Waals surface area contributed by atoms with Crippen molar-refractivity contribution in [2.45, 2.75) is 38.1 Å². The lowest BCUT2D eigenvalue weighted by Crippen LogP contribution is -2.48. The molecule has 5 rings (SSSR count). The normalized spacial score (nSPS) is 45.1. The van der Waals surface area contributed by atoms with E-state index in [2.05, 4.69) is 6.07 Å². The Morgan fingerprint density at radius 1 is 1.06 bits per heavy atom. The fraction of sp³-hybridized carbons (Fsp3) is 0.733. The van der Waals surface area contributed by atoms with Crippen molar-refractivity contribution >= 4 is 0 Å². The van der Waals surface area contributed by atoms with Crippen molar-refractivity contribution in [2.75, 3.05) is 0 Å². The van der Waals surface area contributed by atoms with Gasteiger partial charge in [0.25, 0.3) is 0 Å². The lowest BCUT2D eigenvalue weighted by atomic mass is 9.50. The molecule has 4 aliphatic carbocycles. The monoisotopic (exact) mass is 231 g/mol. The number of hydrogen-bond acceptors (Lipinski definition) is 2. The highest BCUT2D eigenvalue weighted by atomic mass is 16.3. The number of rotatable bonds is 2. The highest BCUT2D eigenvalue weighted by molar-refractivity contribution is 5.15. The fourth-order valence-corrected chi connectivity index (χ4v) is 5.24. The summed E-state index contributed by atoms with van der Waals surface area (Å²) in [7, 11) is 0.